The van der Waals surface area contributed by atoms with Crippen LogP contribution in [0, 0.1) is 13.8 Å². The molecular formula is C20H16Cl2O6. The fourth-order valence-corrected chi connectivity index (χ4v) is 3.06. The molecule has 0 aliphatic rings. The molecule has 0 saturated heterocycles. The second kappa shape index (κ2) is 7.93. The van der Waals surface area contributed by atoms with Gasteiger partial charge in [0.15, 0.2) is 0 Å². The van der Waals surface area contributed by atoms with Crippen LogP contribution in [0.3, 0.4) is 0 Å². The van der Waals surface area contributed by atoms with Gasteiger partial charge in [-0.15, -0.1) is 0 Å². The van der Waals surface area contributed by atoms with E-state index in [1.807, 2.05) is 0 Å². The zero-order valence-corrected chi connectivity index (χ0v) is 16.4. The average molecular weight is 423 g/mol. The third kappa shape index (κ3) is 3.52. The third-order valence-corrected chi connectivity index (χ3v) is 4.92. The van der Waals surface area contributed by atoms with Crippen molar-refractivity contribution in [2.24, 2.45) is 0 Å². The van der Waals surface area contributed by atoms with Crippen LogP contribution in [0.2, 0.25) is 0 Å². The molecule has 0 aliphatic heterocycles. The summed E-state index contributed by atoms with van der Waals surface area (Å²) in [6, 6.07) is 11.0. The van der Waals surface area contributed by atoms with E-state index in [1.165, 1.54) is 48.5 Å². The Labute approximate surface area is 170 Å². The Morgan fingerprint density at radius 1 is 0.643 bits per heavy atom. The minimum Gasteiger partial charge on any atom is -0.370 e. The highest BCUT2D eigenvalue weighted by atomic mass is 35.5. The SMILES string of the molecule is Cc1ccc(C(=O)C(O)(C(=O)Cl)C(O)(C(=O)Cl)C(=O)c2ccc(C)cc2)cc1. The number of hydrogen-bond donors (Lipinski definition) is 2. The van der Waals surface area contributed by atoms with Crippen molar-refractivity contribution < 1.29 is 29.4 Å². The predicted octanol–water partition coefficient (Wildman–Crippen LogP) is 2.36. The Kier molecular flexibility index (Phi) is 6.21. The molecule has 0 saturated carbocycles. The molecule has 2 aromatic carbocycles. The highest BCUT2D eigenvalue weighted by molar-refractivity contribution is 6.73. The van der Waals surface area contributed by atoms with Crippen molar-refractivity contribution >= 4 is 45.3 Å². The minimum atomic E-state index is -3.63. The van der Waals surface area contributed by atoms with Gasteiger partial charge in [-0.25, -0.2) is 0 Å². The molecule has 0 fully saturated rings. The number of rotatable bonds is 7. The molecule has 28 heavy (non-hydrogen) atoms. The van der Waals surface area contributed by atoms with Gasteiger partial charge in [0.2, 0.25) is 22.8 Å². The van der Waals surface area contributed by atoms with Crippen molar-refractivity contribution in [2.75, 3.05) is 0 Å². The maximum absolute atomic E-state index is 12.9. The minimum absolute atomic E-state index is 0.254. The molecule has 2 atom stereocenters. The monoisotopic (exact) mass is 422 g/mol. The number of carbonyl (C=O) groups excluding carboxylic acids is 4. The fraction of sp³-hybridized carbons (Fsp3) is 0.200. The van der Waals surface area contributed by atoms with Crippen LogP contribution in [0.25, 0.3) is 0 Å². The zero-order valence-electron chi connectivity index (χ0n) is 14.9. The lowest BCUT2D eigenvalue weighted by Crippen LogP contribution is -2.69. The van der Waals surface area contributed by atoms with Crippen molar-refractivity contribution in [3.05, 3.63) is 70.8 Å². The number of aryl methyl sites for hydroxylation is 2. The number of halogens is 2. The van der Waals surface area contributed by atoms with Crippen LogP contribution in [0.4, 0.5) is 0 Å². The van der Waals surface area contributed by atoms with Crippen molar-refractivity contribution in [1.82, 2.24) is 0 Å². The third-order valence-electron chi connectivity index (χ3n) is 4.38. The van der Waals surface area contributed by atoms with Crippen molar-refractivity contribution in [1.29, 1.82) is 0 Å². The first-order valence-electron chi connectivity index (χ1n) is 8.03. The van der Waals surface area contributed by atoms with Crippen molar-refractivity contribution in [3.63, 3.8) is 0 Å². The van der Waals surface area contributed by atoms with E-state index in [1.54, 1.807) is 13.8 Å². The maximum Gasteiger partial charge on any atom is 0.265 e. The molecule has 2 rings (SSSR count). The maximum atomic E-state index is 12.9. The first-order valence-corrected chi connectivity index (χ1v) is 8.79. The number of carbonyl (C=O) groups is 4. The summed E-state index contributed by atoms with van der Waals surface area (Å²) < 4.78 is 0. The number of ketones is 2. The molecule has 2 aromatic rings. The molecule has 6 nitrogen and oxygen atoms in total. The van der Waals surface area contributed by atoms with E-state index in [0.29, 0.717) is 0 Å². The van der Waals surface area contributed by atoms with E-state index in [-0.39, 0.29) is 11.1 Å². The smallest absolute Gasteiger partial charge is 0.265 e. The van der Waals surface area contributed by atoms with Gasteiger partial charge in [-0.1, -0.05) is 59.7 Å². The standard InChI is InChI=1S/C20H16Cl2O6/c1-11-3-7-13(8-4-11)15(23)19(27,17(21)25)20(28,18(22)26)16(24)14-9-5-12(2)6-10-14/h3-10,27-28H,1-2H3. The normalized spacial score (nSPS) is 15.2. The van der Waals surface area contributed by atoms with Crippen LogP contribution >= 0.6 is 23.2 Å². The first kappa shape index (κ1) is 21.9. The topological polar surface area (TPSA) is 109 Å². The lowest BCUT2D eigenvalue weighted by Gasteiger charge is -2.35. The highest BCUT2D eigenvalue weighted by Gasteiger charge is 2.67. The molecule has 2 unspecified atom stereocenters. The average Bonchev–Trinajstić information content (AvgIpc) is 2.66. The van der Waals surface area contributed by atoms with E-state index in [2.05, 4.69) is 0 Å². The second-order valence-electron chi connectivity index (χ2n) is 6.36. The number of aliphatic hydroxyl groups is 2. The zero-order chi connectivity index (χ0) is 21.3. The molecule has 146 valence electrons. The lowest BCUT2D eigenvalue weighted by molar-refractivity contribution is -0.154. The van der Waals surface area contributed by atoms with Crippen LogP contribution in [0.5, 0.6) is 0 Å². The van der Waals surface area contributed by atoms with Gasteiger partial charge in [0, 0.05) is 11.1 Å². The molecular weight excluding hydrogens is 407 g/mol. The largest absolute Gasteiger partial charge is 0.370 e. The van der Waals surface area contributed by atoms with Gasteiger partial charge in [0.05, 0.1) is 0 Å². The molecule has 0 amide bonds. The van der Waals surface area contributed by atoms with E-state index in [0.717, 1.165) is 11.1 Å². The second-order valence-corrected chi connectivity index (χ2v) is 7.05. The van der Waals surface area contributed by atoms with Crippen LogP contribution in [0.15, 0.2) is 48.5 Å². The van der Waals surface area contributed by atoms with Crippen molar-refractivity contribution in [3.8, 4) is 0 Å². The Bertz CT molecular complexity index is 872. The Balaban J connectivity index is 2.69. The molecule has 0 spiro atoms. The van der Waals surface area contributed by atoms with Crippen LogP contribution in [-0.4, -0.2) is 43.5 Å². The van der Waals surface area contributed by atoms with Crippen LogP contribution < -0.4 is 0 Å². The summed E-state index contributed by atoms with van der Waals surface area (Å²) in [6.07, 6.45) is 0. The van der Waals surface area contributed by atoms with Gasteiger partial charge in [-0.3, -0.25) is 19.2 Å². The number of hydrogen-bond acceptors (Lipinski definition) is 6. The highest BCUT2D eigenvalue weighted by Crippen LogP contribution is 2.34. The molecule has 2 N–H and O–H groups in total. The van der Waals surface area contributed by atoms with Gasteiger partial charge in [-0.05, 0) is 37.0 Å². The fourth-order valence-electron chi connectivity index (χ4n) is 2.62. The summed E-state index contributed by atoms with van der Waals surface area (Å²) in [6.45, 7) is 3.46. The van der Waals surface area contributed by atoms with Gasteiger partial charge < -0.3 is 10.2 Å². The van der Waals surface area contributed by atoms with Crippen LogP contribution in [0.1, 0.15) is 31.8 Å². The lowest BCUT2D eigenvalue weighted by atomic mass is 9.74. The van der Waals surface area contributed by atoms with Gasteiger partial charge >= 0.3 is 0 Å². The molecule has 0 heterocycles. The van der Waals surface area contributed by atoms with Gasteiger partial charge in [0.25, 0.3) is 10.5 Å². The molecule has 0 bridgehead atoms. The summed E-state index contributed by atoms with van der Waals surface area (Å²) in [5.41, 5.74) is -6.26. The molecule has 0 radical (unpaired) electrons. The summed E-state index contributed by atoms with van der Waals surface area (Å²) >= 11 is 10.8. The molecule has 0 aromatic heterocycles. The summed E-state index contributed by atoms with van der Waals surface area (Å²) in [5, 5.41) is 18.0. The van der Waals surface area contributed by atoms with Crippen molar-refractivity contribution in [2.45, 2.75) is 25.0 Å². The number of benzene rings is 2. The predicted molar refractivity (Wildman–Crippen MR) is 103 cm³/mol. The van der Waals surface area contributed by atoms with Crippen LogP contribution in [-0.2, 0) is 9.59 Å². The molecule has 8 heteroatoms. The Morgan fingerprint density at radius 2 is 0.893 bits per heavy atom. The first-order chi connectivity index (χ1) is 13.0. The van der Waals surface area contributed by atoms with Gasteiger partial charge in [0.1, 0.15) is 0 Å². The number of Topliss-reactive ketones (excluding diaryl/α,β-unsaturated/α-hetero) is 2. The van der Waals surface area contributed by atoms with E-state index < -0.39 is 33.3 Å². The van der Waals surface area contributed by atoms with E-state index in [9.17, 15) is 29.4 Å². The van der Waals surface area contributed by atoms with E-state index in [4.69, 9.17) is 23.2 Å². The Hall–Kier alpha value is -2.38. The quantitative estimate of drug-likeness (QED) is 0.402. The summed E-state index contributed by atoms with van der Waals surface area (Å²) in [5.74, 6) is -2.88. The molecule has 0 aliphatic carbocycles. The summed E-state index contributed by atoms with van der Waals surface area (Å²) in [4.78, 5) is 49.9. The Morgan fingerprint density at radius 3 is 1.11 bits per heavy atom. The van der Waals surface area contributed by atoms with E-state index >= 15 is 0 Å². The van der Waals surface area contributed by atoms with Gasteiger partial charge in [-0.2, -0.15) is 0 Å². The summed E-state index contributed by atoms with van der Waals surface area (Å²) in [7, 11) is 0.